The van der Waals surface area contributed by atoms with E-state index in [0.29, 0.717) is 5.56 Å². The summed E-state index contributed by atoms with van der Waals surface area (Å²) in [5.41, 5.74) is 2.67. The molecule has 2 aromatic carbocycles. The Morgan fingerprint density at radius 2 is 1.50 bits per heavy atom. The summed E-state index contributed by atoms with van der Waals surface area (Å²) >= 11 is 0. The van der Waals surface area contributed by atoms with Crippen molar-refractivity contribution in [1.82, 2.24) is 0 Å². The van der Waals surface area contributed by atoms with Crippen molar-refractivity contribution >= 4 is 16.1 Å². The van der Waals surface area contributed by atoms with E-state index in [1.165, 1.54) is 0 Å². The summed E-state index contributed by atoms with van der Waals surface area (Å²) in [6.45, 7) is 0. The Labute approximate surface area is 129 Å². The minimum absolute atomic E-state index is 0.0415. The molecule has 0 aliphatic heterocycles. The van der Waals surface area contributed by atoms with Crippen LogP contribution in [0.1, 0.15) is 12.0 Å². The normalized spacial score (nSPS) is 12.8. The van der Waals surface area contributed by atoms with Gasteiger partial charge in [0.2, 0.25) is 0 Å². The Bertz CT molecular complexity index is 736. The zero-order chi connectivity index (χ0) is 16.2. The molecule has 1 unspecified atom stereocenters. The van der Waals surface area contributed by atoms with Crippen LogP contribution in [0.15, 0.2) is 54.6 Å². The predicted molar refractivity (Wildman–Crippen MR) is 83.2 cm³/mol. The molecule has 6 heteroatoms. The van der Waals surface area contributed by atoms with Crippen LogP contribution >= 0.6 is 0 Å². The van der Waals surface area contributed by atoms with Gasteiger partial charge in [0.1, 0.15) is 5.25 Å². The highest BCUT2D eigenvalue weighted by atomic mass is 32.2. The van der Waals surface area contributed by atoms with E-state index in [-0.39, 0.29) is 6.42 Å². The summed E-state index contributed by atoms with van der Waals surface area (Å²) in [6, 6.07) is 16.8. The number of rotatable bonds is 6. The van der Waals surface area contributed by atoms with Crippen molar-refractivity contribution in [2.45, 2.75) is 18.1 Å². The molecule has 22 heavy (non-hydrogen) atoms. The van der Waals surface area contributed by atoms with Gasteiger partial charge in [-0.05, 0) is 23.1 Å². The minimum atomic E-state index is -4.40. The van der Waals surface area contributed by atoms with Crippen LogP contribution < -0.4 is 0 Å². The van der Waals surface area contributed by atoms with Gasteiger partial charge in [0, 0.05) is 0 Å². The highest BCUT2D eigenvalue weighted by Gasteiger charge is 2.26. The van der Waals surface area contributed by atoms with Crippen molar-refractivity contribution in [3.63, 3.8) is 0 Å². The van der Waals surface area contributed by atoms with Crippen LogP contribution in [0, 0.1) is 0 Å². The Hall–Kier alpha value is -2.18. The minimum Gasteiger partial charge on any atom is -0.481 e. The third kappa shape index (κ3) is 4.41. The summed E-state index contributed by atoms with van der Waals surface area (Å²) in [5.74, 6) is -1.26. The maximum absolute atomic E-state index is 11.3. The first-order valence-corrected chi connectivity index (χ1v) is 8.19. The molecule has 0 spiro atoms. The smallest absolute Gasteiger partial charge is 0.304 e. The maximum Gasteiger partial charge on any atom is 0.304 e. The fourth-order valence-corrected chi connectivity index (χ4v) is 2.96. The molecule has 1 atom stereocenters. The van der Waals surface area contributed by atoms with Gasteiger partial charge in [-0.2, -0.15) is 8.42 Å². The molecule has 2 aromatic rings. The number of carboxylic acid groups (broad SMARTS) is 1. The SMILES string of the molecule is O=C(O)CC(Cc1ccc(-c2ccccc2)cc1)S(=O)(=O)O. The van der Waals surface area contributed by atoms with Crippen LogP contribution in [0.5, 0.6) is 0 Å². The molecule has 0 fully saturated rings. The van der Waals surface area contributed by atoms with Crippen molar-refractivity contribution in [3.05, 3.63) is 60.2 Å². The average molecular weight is 320 g/mol. The number of hydrogen-bond donors (Lipinski definition) is 2. The van der Waals surface area contributed by atoms with E-state index >= 15 is 0 Å². The molecule has 0 aliphatic carbocycles. The lowest BCUT2D eigenvalue weighted by atomic mass is 10.0. The van der Waals surface area contributed by atoms with Crippen molar-refractivity contribution in [2.75, 3.05) is 0 Å². The van der Waals surface area contributed by atoms with Crippen LogP contribution in [0.25, 0.3) is 11.1 Å². The average Bonchev–Trinajstić information content (AvgIpc) is 2.47. The second-order valence-corrected chi connectivity index (χ2v) is 6.70. The van der Waals surface area contributed by atoms with Gasteiger partial charge in [0.25, 0.3) is 10.1 Å². The summed E-state index contributed by atoms with van der Waals surface area (Å²) in [6.07, 6.45) is -0.667. The second-order valence-electron chi connectivity index (χ2n) is 5.00. The third-order valence-corrected chi connectivity index (χ3v) is 4.52. The number of aliphatic carboxylic acids is 1. The van der Waals surface area contributed by atoms with E-state index in [0.717, 1.165) is 11.1 Å². The van der Waals surface area contributed by atoms with E-state index in [1.807, 2.05) is 42.5 Å². The van der Waals surface area contributed by atoms with Crippen LogP contribution in [0.3, 0.4) is 0 Å². The summed E-state index contributed by atoms with van der Waals surface area (Å²) < 4.78 is 31.6. The first-order valence-electron chi connectivity index (χ1n) is 6.68. The maximum atomic E-state index is 11.3. The van der Waals surface area contributed by atoms with Gasteiger partial charge in [0.15, 0.2) is 0 Å². The Kier molecular flexibility index (Phi) is 4.95. The first kappa shape index (κ1) is 16.2. The Morgan fingerprint density at radius 3 is 2.00 bits per heavy atom. The van der Waals surface area contributed by atoms with Gasteiger partial charge in [-0.25, -0.2) is 0 Å². The molecule has 0 bridgehead atoms. The largest absolute Gasteiger partial charge is 0.481 e. The number of hydrogen-bond acceptors (Lipinski definition) is 3. The van der Waals surface area contributed by atoms with Gasteiger partial charge in [0.05, 0.1) is 6.42 Å². The summed E-state index contributed by atoms with van der Waals surface area (Å²) in [5, 5.41) is 7.40. The van der Waals surface area contributed by atoms with Gasteiger partial charge in [-0.3, -0.25) is 9.35 Å². The van der Waals surface area contributed by atoms with Crippen LogP contribution in [0.4, 0.5) is 0 Å². The summed E-state index contributed by atoms with van der Waals surface area (Å²) in [4.78, 5) is 10.7. The van der Waals surface area contributed by atoms with Crippen molar-refractivity contribution in [2.24, 2.45) is 0 Å². The van der Waals surface area contributed by atoms with E-state index < -0.39 is 27.8 Å². The molecule has 5 nitrogen and oxygen atoms in total. The highest BCUT2D eigenvalue weighted by Crippen LogP contribution is 2.21. The van der Waals surface area contributed by atoms with Crippen molar-refractivity contribution in [3.8, 4) is 11.1 Å². The quantitative estimate of drug-likeness (QED) is 0.798. The molecule has 116 valence electrons. The van der Waals surface area contributed by atoms with E-state index in [1.54, 1.807) is 12.1 Å². The lowest BCUT2D eigenvalue weighted by molar-refractivity contribution is -0.137. The van der Waals surface area contributed by atoms with E-state index in [4.69, 9.17) is 9.66 Å². The number of carboxylic acids is 1. The molecule has 0 amide bonds. The molecule has 2 rings (SSSR count). The molecule has 0 aliphatic rings. The first-order chi connectivity index (χ1) is 10.4. The number of benzene rings is 2. The molecule has 2 N–H and O–H groups in total. The predicted octanol–water partition coefficient (Wildman–Crippen LogP) is 2.63. The van der Waals surface area contributed by atoms with Gasteiger partial charge in [-0.15, -0.1) is 0 Å². The Balaban J connectivity index is 2.18. The second kappa shape index (κ2) is 6.72. The molecule has 0 saturated carbocycles. The topological polar surface area (TPSA) is 91.7 Å². The molecular weight excluding hydrogens is 304 g/mol. The Morgan fingerprint density at radius 1 is 0.955 bits per heavy atom. The van der Waals surface area contributed by atoms with Crippen LogP contribution in [-0.4, -0.2) is 29.3 Å². The zero-order valence-corrected chi connectivity index (χ0v) is 12.5. The van der Waals surface area contributed by atoms with Crippen LogP contribution in [0.2, 0.25) is 0 Å². The summed E-state index contributed by atoms with van der Waals surface area (Å²) in [7, 11) is -4.40. The molecule has 0 aromatic heterocycles. The fraction of sp³-hybridized carbons (Fsp3) is 0.188. The molecule has 0 radical (unpaired) electrons. The van der Waals surface area contributed by atoms with E-state index in [2.05, 4.69) is 0 Å². The van der Waals surface area contributed by atoms with Gasteiger partial charge in [-0.1, -0.05) is 54.6 Å². The highest BCUT2D eigenvalue weighted by molar-refractivity contribution is 7.86. The van der Waals surface area contributed by atoms with Crippen molar-refractivity contribution in [1.29, 1.82) is 0 Å². The monoisotopic (exact) mass is 320 g/mol. The standard InChI is InChI=1S/C16H16O5S/c17-16(18)11-15(22(19,20)21)10-12-6-8-14(9-7-12)13-4-2-1-3-5-13/h1-9,15H,10-11H2,(H,17,18)(H,19,20,21). The molecular formula is C16H16O5S. The van der Waals surface area contributed by atoms with Gasteiger partial charge < -0.3 is 5.11 Å². The van der Waals surface area contributed by atoms with Gasteiger partial charge >= 0.3 is 5.97 Å². The lowest BCUT2D eigenvalue weighted by Gasteiger charge is -2.12. The van der Waals surface area contributed by atoms with Crippen LogP contribution in [-0.2, 0) is 21.3 Å². The molecule has 0 heterocycles. The fourth-order valence-electron chi connectivity index (χ4n) is 2.20. The number of carbonyl (C=O) groups is 1. The third-order valence-electron chi connectivity index (χ3n) is 3.35. The zero-order valence-electron chi connectivity index (χ0n) is 11.7. The molecule has 0 saturated heterocycles. The lowest BCUT2D eigenvalue weighted by Crippen LogP contribution is -2.26. The van der Waals surface area contributed by atoms with E-state index in [9.17, 15) is 13.2 Å². The van der Waals surface area contributed by atoms with Crippen molar-refractivity contribution < 1.29 is 22.9 Å².